The van der Waals surface area contributed by atoms with E-state index >= 15 is 0 Å². The van der Waals surface area contributed by atoms with Crippen LogP contribution in [-0.4, -0.2) is 55.9 Å². The lowest BCUT2D eigenvalue weighted by Crippen LogP contribution is -2.28. The molecule has 41 heavy (non-hydrogen) atoms. The average Bonchev–Trinajstić information content (AvgIpc) is 3.50. The van der Waals surface area contributed by atoms with E-state index in [0.29, 0.717) is 44.5 Å². The summed E-state index contributed by atoms with van der Waals surface area (Å²) in [7, 11) is 2.50. The number of ether oxygens (including phenoxy) is 2. The molecule has 1 aliphatic rings. The molecule has 1 N–H and O–H groups in total. The first-order valence-corrected chi connectivity index (χ1v) is 12.9. The Morgan fingerprint density at radius 3 is 2.49 bits per heavy atom. The Bertz CT molecular complexity index is 1660. The lowest BCUT2D eigenvalue weighted by molar-refractivity contribution is -0.139. The summed E-state index contributed by atoms with van der Waals surface area (Å²) in [4.78, 5) is 48.2. The number of hydrogen-bond donors (Lipinski definition) is 1. The van der Waals surface area contributed by atoms with Gasteiger partial charge in [0.1, 0.15) is 16.5 Å². The number of aromatic nitrogens is 5. The Morgan fingerprint density at radius 2 is 1.80 bits per heavy atom. The van der Waals surface area contributed by atoms with Crippen LogP contribution in [0.3, 0.4) is 0 Å². The molecule has 0 atom stereocenters. The number of amides is 2. The molecule has 0 aromatic carbocycles. The fourth-order valence-corrected chi connectivity index (χ4v) is 5.26. The molecule has 4 aromatic rings. The van der Waals surface area contributed by atoms with Crippen LogP contribution < -0.4 is 14.8 Å². The first-order valence-electron chi connectivity index (χ1n) is 11.7. The normalized spacial score (nSPS) is 12.7. The molecule has 0 spiro atoms. The first kappa shape index (κ1) is 28.2. The third-order valence-corrected chi connectivity index (χ3v) is 7.24. The molecule has 0 radical (unpaired) electrons. The molecule has 1 aliphatic heterocycles. The summed E-state index contributed by atoms with van der Waals surface area (Å²) in [5, 5.41) is 3.29. The van der Waals surface area contributed by atoms with Crippen molar-refractivity contribution in [3.8, 4) is 22.8 Å². The number of nitrogens with one attached hydrogen (secondary N) is 1. The Labute approximate surface area is 239 Å². The van der Waals surface area contributed by atoms with Gasteiger partial charge in [-0.05, 0) is 19.1 Å². The van der Waals surface area contributed by atoms with Crippen LogP contribution in [0.4, 0.5) is 18.3 Å². The largest absolute Gasteiger partial charge is 0.494 e. The molecule has 4 aromatic heterocycles. The number of anilines is 1. The zero-order valence-corrected chi connectivity index (χ0v) is 23.1. The predicted molar refractivity (Wildman–Crippen MR) is 141 cm³/mol. The van der Waals surface area contributed by atoms with Crippen LogP contribution in [0.2, 0.25) is 5.15 Å². The molecular formula is C25H19ClF3N7O4S. The van der Waals surface area contributed by atoms with Gasteiger partial charge in [-0.25, -0.2) is 15.0 Å². The van der Waals surface area contributed by atoms with Crippen LogP contribution in [0.25, 0.3) is 11.1 Å². The minimum atomic E-state index is -4.73. The van der Waals surface area contributed by atoms with Crippen LogP contribution in [0.5, 0.6) is 11.6 Å². The highest BCUT2D eigenvalue weighted by atomic mass is 35.5. The van der Waals surface area contributed by atoms with Gasteiger partial charge in [-0.3, -0.25) is 19.9 Å². The summed E-state index contributed by atoms with van der Waals surface area (Å²) in [6, 6.07) is 3.32. The van der Waals surface area contributed by atoms with Crippen molar-refractivity contribution in [2.45, 2.75) is 26.2 Å². The summed E-state index contributed by atoms with van der Waals surface area (Å²) in [6.07, 6.45) is -1.32. The van der Waals surface area contributed by atoms with Crippen LogP contribution in [0.15, 0.2) is 30.7 Å². The van der Waals surface area contributed by atoms with Gasteiger partial charge in [-0.1, -0.05) is 22.9 Å². The quantitative estimate of drug-likeness (QED) is 0.308. The number of nitrogens with zero attached hydrogens (tertiary/aromatic N) is 6. The second-order valence-corrected chi connectivity index (χ2v) is 10.2. The van der Waals surface area contributed by atoms with Crippen molar-refractivity contribution in [2.75, 3.05) is 19.5 Å². The van der Waals surface area contributed by atoms with Gasteiger partial charge in [0.05, 0.1) is 49.6 Å². The van der Waals surface area contributed by atoms with Crippen molar-refractivity contribution in [1.29, 1.82) is 0 Å². The highest BCUT2D eigenvalue weighted by Crippen LogP contribution is 2.37. The predicted octanol–water partition coefficient (Wildman–Crippen LogP) is 4.80. The van der Waals surface area contributed by atoms with Gasteiger partial charge in [-0.15, -0.1) is 0 Å². The molecule has 0 unspecified atom stereocenters. The van der Waals surface area contributed by atoms with Gasteiger partial charge in [0, 0.05) is 29.2 Å². The number of halogens is 4. The maximum atomic E-state index is 13.3. The number of aryl methyl sites for hydroxylation is 1. The molecule has 0 bridgehead atoms. The van der Waals surface area contributed by atoms with E-state index < -0.39 is 35.3 Å². The van der Waals surface area contributed by atoms with Gasteiger partial charge in [0.2, 0.25) is 11.7 Å². The third kappa shape index (κ3) is 5.63. The van der Waals surface area contributed by atoms with Crippen LogP contribution in [-0.2, 0) is 19.3 Å². The Kier molecular flexibility index (Phi) is 7.48. The molecule has 2 amide bonds. The van der Waals surface area contributed by atoms with E-state index in [1.54, 1.807) is 19.1 Å². The molecule has 11 nitrogen and oxygen atoms in total. The van der Waals surface area contributed by atoms with E-state index in [2.05, 4.69) is 30.2 Å². The summed E-state index contributed by atoms with van der Waals surface area (Å²) in [6.45, 7) is 1.94. The molecule has 16 heteroatoms. The van der Waals surface area contributed by atoms with Crippen molar-refractivity contribution in [2.24, 2.45) is 0 Å². The summed E-state index contributed by atoms with van der Waals surface area (Å²) >= 11 is 7.26. The fourth-order valence-electron chi connectivity index (χ4n) is 4.12. The smallest absolute Gasteiger partial charge is 0.423 e. The number of methoxy groups -OCH3 is 2. The number of alkyl halides is 3. The van der Waals surface area contributed by atoms with Gasteiger partial charge < -0.3 is 14.4 Å². The number of hydrogen-bond acceptors (Lipinski definition) is 10. The SMILES string of the molecule is COc1cnc(Cl)cc1-c1cc(C)ncc1C(=O)Nc1nc2c(s1)CN(C(=O)c1ncc(C(F)(F)F)c(OC)n1)C2. The Hall–Kier alpha value is -4.37. The second kappa shape index (κ2) is 10.9. The highest BCUT2D eigenvalue weighted by Gasteiger charge is 2.37. The van der Waals surface area contributed by atoms with Gasteiger partial charge >= 0.3 is 6.18 Å². The second-order valence-electron chi connectivity index (χ2n) is 8.70. The van der Waals surface area contributed by atoms with E-state index in [-0.39, 0.29) is 23.8 Å². The van der Waals surface area contributed by atoms with Crippen molar-refractivity contribution >= 4 is 39.9 Å². The summed E-state index contributed by atoms with van der Waals surface area (Å²) in [5.41, 5.74) is 1.35. The molecular weight excluding hydrogens is 587 g/mol. The monoisotopic (exact) mass is 605 g/mol. The van der Waals surface area contributed by atoms with Gasteiger partial charge in [-0.2, -0.15) is 18.2 Å². The standard InChI is InChI=1S/C25H19ClF3N7O4S/c1-11-4-12(13-5-19(26)31-8-17(13)39-2)14(6-30-11)21(37)35-24-33-16-9-36(10-18(16)41-24)23(38)20-32-7-15(25(27,28)29)22(34-20)40-3/h4-8H,9-10H2,1-3H3,(H,33,35,37). The Morgan fingerprint density at radius 1 is 1.02 bits per heavy atom. The van der Waals surface area contributed by atoms with Crippen molar-refractivity contribution in [1.82, 2.24) is 29.8 Å². The summed E-state index contributed by atoms with van der Waals surface area (Å²) in [5.74, 6) is -1.93. The number of thiazole rings is 1. The van der Waals surface area contributed by atoms with Crippen LogP contribution in [0.1, 0.15) is 42.8 Å². The first-order chi connectivity index (χ1) is 19.5. The minimum Gasteiger partial charge on any atom is -0.494 e. The van der Waals surface area contributed by atoms with Gasteiger partial charge in [0.25, 0.3) is 11.8 Å². The molecule has 5 heterocycles. The number of carbonyl (C=O) groups is 2. The maximum absolute atomic E-state index is 13.3. The van der Waals surface area contributed by atoms with Crippen molar-refractivity contribution < 1.29 is 32.2 Å². The third-order valence-electron chi connectivity index (χ3n) is 6.03. The molecule has 0 saturated heterocycles. The van der Waals surface area contributed by atoms with Crippen LogP contribution in [0, 0.1) is 6.92 Å². The number of fused-ring (bicyclic) bond motifs is 1. The zero-order chi connectivity index (χ0) is 29.5. The maximum Gasteiger partial charge on any atom is 0.423 e. The lowest BCUT2D eigenvalue weighted by Gasteiger charge is -2.16. The topological polar surface area (TPSA) is 132 Å². The van der Waals surface area contributed by atoms with Crippen molar-refractivity contribution in [3.05, 3.63) is 69.1 Å². The van der Waals surface area contributed by atoms with E-state index in [0.717, 1.165) is 18.4 Å². The average molecular weight is 606 g/mol. The fraction of sp³-hybridized carbons (Fsp3) is 0.240. The molecule has 0 saturated carbocycles. The van der Waals surface area contributed by atoms with E-state index in [9.17, 15) is 22.8 Å². The number of carbonyl (C=O) groups excluding carboxylic acids is 2. The van der Waals surface area contributed by atoms with E-state index in [4.69, 9.17) is 21.1 Å². The van der Waals surface area contributed by atoms with E-state index in [1.165, 1.54) is 24.4 Å². The Balaban J connectivity index is 1.33. The highest BCUT2D eigenvalue weighted by molar-refractivity contribution is 7.16. The lowest BCUT2D eigenvalue weighted by atomic mass is 10.0. The van der Waals surface area contributed by atoms with E-state index in [1.807, 2.05) is 0 Å². The number of rotatable bonds is 6. The molecule has 5 rings (SSSR count). The molecule has 212 valence electrons. The van der Waals surface area contributed by atoms with Crippen LogP contribution >= 0.6 is 22.9 Å². The summed E-state index contributed by atoms with van der Waals surface area (Å²) < 4.78 is 49.4. The zero-order valence-electron chi connectivity index (χ0n) is 21.5. The minimum absolute atomic E-state index is 0.0529. The van der Waals surface area contributed by atoms with Crippen molar-refractivity contribution in [3.63, 3.8) is 0 Å². The van der Waals surface area contributed by atoms with Gasteiger partial charge in [0.15, 0.2) is 5.13 Å². The molecule has 0 aliphatic carbocycles. The number of pyridine rings is 2. The molecule has 0 fully saturated rings.